The molecule has 0 spiro atoms. The number of nitrogens with zero attached hydrogens (tertiary/aromatic N) is 3. The molecule has 178 valence electrons. The number of hydrogen-bond acceptors (Lipinski definition) is 5. The summed E-state index contributed by atoms with van der Waals surface area (Å²) in [5.74, 6) is 1.34. The van der Waals surface area contributed by atoms with Crippen LogP contribution in [-0.2, 0) is 11.2 Å². The van der Waals surface area contributed by atoms with Gasteiger partial charge in [-0.25, -0.2) is 0 Å². The van der Waals surface area contributed by atoms with Gasteiger partial charge in [-0.15, -0.1) is 0 Å². The average Bonchev–Trinajstić information content (AvgIpc) is 2.90. The topological polar surface area (TPSA) is 54.9 Å². The number of hydrogen-bond donors (Lipinski definition) is 0. The molecule has 0 unspecified atom stereocenters. The van der Waals surface area contributed by atoms with E-state index >= 15 is 0 Å². The van der Waals surface area contributed by atoms with Gasteiger partial charge in [0.1, 0.15) is 12.4 Å². The summed E-state index contributed by atoms with van der Waals surface area (Å²) in [5, 5.41) is 1.24. The molecule has 0 atom stereocenters. The Labute approximate surface area is 201 Å². The van der Waals surface area contributed by atoms with Crippen LogP contribution < -0.4 is 4.74 Å². The number of likely N-dealkylation sites (tertiary alicyclic amines) is 1. The van der Waals surface area contributed by atoms with E-state index in [4.69, 9.17) is 9.47 Å². The average molecular weight is 460 g/mol. The molecular weight excluding hydrogens is 426 g/mol. The van der Waals surface area contributed by atoms with Gasteiger partial charge in [0.15, 0.2) is 0 Å². The van der Waals surface area contributed by atoms with E-state index in [0.717, 1.165) is 70.7 Å². The largest absolute Gasteiger partial charge is 0.491 e. The molecule has 3 aromatic rings. The molecule has 6 heteroatoms. The highest BCUT2D eigenvalue weighted by Crippen LogP contribution is 2.28. The Kier molecular flexibility index (Phi) is 7.37. The smallest absolute Gasteiger partial charge is 0.257 e. The lowest BCUT2D eigenvalue weighted by Crippen LogP contribution is -2.39. The Bertz CT molecular complexity index is 1100. The van der Waals surface area contributed by atoms with Gasteiger partial charge in [0, 0.05) is 44.3 Å². The molecule has 5 rings (SSSR count). The molecule has 3 heterocycles. The van der Waals surface area contributed by atoms with Gasteiger partial charge in [0.2, 0.25) is 0 Å². The molecule has 0 saturated carbocycles. The van der Waals surface area contributed by atoms with Crippen LogP contribution in [0.5, 0.6) is 5.75 Å². The van der Waals surface area contributed by atoms with E-state index < -0.39 is 0 Å². The van der Waals surface area contributed by atoms with Crippen LogP contribution in [0, 0.1) is 5.92 Å². The Morgan fingerprint density at radius 3 is 2.65 bits per heavy atom. The monoisotopic (exact) mass is 459 g/mol. The van der Waals surface area contributed by atoms with Crippen molar-refractivity contribution in [2.45, 2.75) is 19.3 Å². The Morgan fingerprint density at radius 1 is 0.971 bits per heavy atom. The lowest BCUT2D eigenvalue weighted by Gasteiger charge is -2.32. The first kappa shape index (κ1) is 22.8. The first-order chi connectivity index (χ1) is 16.8. The van der Waals surface area contributed by atoms with Crippen LogP contribution in [0.1, 0.15) is 28.8 Å². The van der Waals surface area contributed by atoms with Crippen molar-refractivity contribution in [3.05, 3.63) is 71.9 Å². The second-order valence-corrected chi connectivity index (χ2v) is 9.23. The fourth-order valence-electron chi connectivity index (χ4n) is 5.05. The molecule has 2 saturated heterocycles. The third-order valence-corrected chi connectivity index (χ3v) is 7.03. The number of morpholine rings is 1. The van der Waals surface area contributed by atoms with Gasteiger partial charge in [0.05, 0.1) is 24.3 Å². The molecule has 2 aliphatic rings. The number of carbonyl (C=O) groups is 1. The zero-order valence-electron chi connectivity index (χ0n) is 19.7. The number of benzene rings is 2. The maximum absolute atomic E-state index is 13.3. The number of rotatable bonds is 7. The lowest BCUT2D eigenvalue weighted by atomic mass is 9.88. The van der Waals surface area contributed by atoms with Crippen molar-refractivity contribution in [3.8, 4) is 5.75 Å². The lowest BCUT2D eigenvalue weighted by molar-refractivity contribution is 0.0321. The molecule has 2 fully saturated rings. The Morgan fingerprint density at radius 2 is 1.79 bits per heavy atom. The van der Waals surface area contributed by atoms with E-state index in [0.29, 0.717) is 23.8 Å². The minimum atomic E-state index is 0.0785. The quantitative estimate of drug-likeness (QED) is 0.534. The fourth-order valence-corrected chi connectivity index (χ4v) is 5.05. The third kappa shape index (κ3) is 5.40. The highest BCUT2D eigenvalue weighted by atomic mass is 16.5. The van der Waals surface area contributed by atoms with Crippen LogP contribution in [0.25, 0.3) is 10.9 Å². The molecule has 1 amide bonds. The predicted octanol–water partition coefficient (Wildman–Crippen LogP) is 4.04. The van der Waals surface area contributed by atoms with Gasteiger partial charge in [-0.1, -0.05) is 30.3 Å². The summed E-state index contributed by atoms with van der Waals surface area (Å²) in [6.07, 6.45) is 4.91. The molecule has 6 nitrogen and oxygen atoms in total. The minimum Gasteiger partial charge on any atom is -0.491 e. The van der Waals surface area contributed by atoms with Gasteiger partial charge in [-0.2, -0.15) is 0 Å². The van der Waals surface area contributed by atoms with Crippen LogP contribution in [0.15, 0.2) is 60.8 Å². The van der Waals surface area contributed by atoms with Gasteiger partial charge in [-0.3, -0.25) is 14.7 Å². The summed E-state index contributed by atoms with van der Waals surface area (Å²) < 4.78 is 11.5. The fraction of sp³-hybridized carbons (Fsp3) is 0.429. The van der Waals surface area contributed by atoms with E-state index in [2.05, 4.69) is 34.1 Å². The standard InChI is InChI=1S/C28H33N3O3/c32-28(25-6-1-2-9-27(25)34-20-17-30-15-18-33-19-16-30)31-13-10-22(11-14-31)21-23-5-3-8-26-24(23)7-4-12-29-26/h1-9,12,22H,10-11,13-21H2. The van der Waals surface area contributed by atoms with Gasteiger partial charge in [-0.05, 0) is 55.0 Å². The van der Waals surface area contributed by atoms with Crippen molar-refractivity contribution in [3.63, 3.8) is 0 Å². The second kappa shape index (κ2) is 11.0. The number of ether oxygens (including phenoxy) is 2. The Balaban J connectivity index is 1.16. The van der Waals surface area contributed by atoms with Crippen molar-refractivity contribution in [2.24, 2.45) is 5.92 Å². The summed E-state index contributed by atoms with van der Waals surface area (Å²) >= 11 is 0. The maximum Gasteiger partial charge on any atom is 0.257 e. The van der Waals surface area contributed by atoms with Crippen LogP contribution in [-0.4, -0.2) is 73.2 Å². The van der Waals surface area contributed by atoms with Crippen LogP contribution in [0.4, 0.5) is 0 Å². The maximum atomic E-state index is 13.3. The first-order valence-corrected chi connectivity index (χ1v) is 12.4. The molecule has 1 aromatic heterocycles. The zero-order valence-corrected chi connectivity index (χ0v) is 19.7. The van der Waals surface area contributed by atoms with Gasteiger partial charge >= 0.3 is 0 Å². The predicted molar refractivity (Wildman–Crippen MR) is 133 cm³/mol. The van der Waals surface area contributed by atoms with E-state index in [1.165, 1.54) is 10.9 Å². The number of piperidine rings is 1. The second-order valence-electron chi connectivity index (χ2n) is 9.23. The van der Waals surface area contributed by atoms with Gasteiger partial charge in [0.25, 0.3) is 5.91 Å². The number of amides is 1. The van der Waals surface area contributed by atoms with Crippen molar-refractivity contribution in [1.82, 2.24) is 14.8 Å². The van der Waals surface area contributed by atoms with E-state index in [9.17, 15) is 4.79 Å². The van der Waals surface area contributed by atoms with Crippen LogP contribution in [0.2, 0.25) is 0 Å². The van der Waals surface area contributed by atoms with E-state index in [1.54, 1.807) is 0 Å². The third-order valence-electron chi connectivity index (χ3n) is 7.03. The van der Waals surface area contributed by atoms with Crippen LogP contribution in [0.3, 0.4) is 0 Å². The SMILES string of the molecule is O=C(c1ccccc1OCCN1CCOCC1)N1CCC(Cc2cccc3ncccc23)CC1. The highest BCUT2D eigenvalue weighted by Gasteiger charge is 2.26. The summed E-state index contributed by atoms with van der Waals surface area (Å²) in [6, 6.07) is 18.2. The van der Waals surface area contributed by atoms with Crippen molar-refractivity contribution < 1.29 is 14.3 Å². The number of carbonyl (C=O) groups excluding carboxylic acids is 1. The Hall–Kier alpha value is -2.96. The first-order valence-electron chi connectivity index (χ1n) is 12.4. The summed E-state index contributed by atoms with van der Waals surface area (Å²) in [5.41, 5.74) is 3.08. The number of aromatic nitrogens is 1. The summed E-state index contributed by atoms with van der Waals surface area (Å²) in [4.78, 5) is 22.2. The molecule has 0 radical (unpaired) electrons. The number of para-hydroxylation sites is 1. The number of pyridine rings is 1. The molecule has 2 aromatic carbocycles. The minimum absolute atomic E-state index is 0.0785. The van der Waals surface area contributed by atoms with E-state index in [1.807, 2.05) is 41.4 Å². The molecule has 2 aliphatic heterocycles. The highest BCUT2D eigenvalue weighted by molar-refractivity contribution is 5.97. The van der Waals surface area contributed by atoms with Gasteiger partial charge < -0.3 is 14.4 Å². The molecule has 34 heavy (non-hydrogen) atoms. The molecule has 0 bridgehead atoms. The molecular formula is C28H33N3O3. The van der Waals surface area contributed by atoms with E-state index in [-0.39, 0.29) is 5.91 Å². The normalized spacial score (nSPS) is 17.7. The zero-order chi connectivity index (χ0) is 23.2. The summed E-state index contributed by atoms with van der Waals surface area (Å²) in [6.45, 7) is 6.43. The molecule has 0 aliphatic carbocycles. The van der Waals surface area contributed by atoms with Crippen molar-refractivity contribution >= 4 is 16.8 Å². The molecule has 0 N–H and O–H groups in total. The van der Waals surface area contributed by atoms with Crippen molar-refractivity contribution in [2.75, 3.05) is 52.5 Å². The summed E-state index contributed by atoms with van der Waals surface area (Å²) in [7, 11) is 0. The number of fused-ring (bicyclic) bond motifs is 1. The van der Waals surface area contributed by atoms with Crippen molar-refractivity contribution in [1.29, 1.82) is 0 Å². The van der Waals surface area contributed by atoms with Crippen LogP contribution >= 0.6 is 0 Å².